The molecule has 2 N–H and O–H groups in total. The third kappa shape index (κ3) is 6.32. The first-order valence-corrected chi connectivity index (χ1v) is 16.0. The van der Waals surface area contributed by atoms with Crippen molar-refractivity contribution in [1.82, 2.24) is 15.2 Å². The third-order valence-electron chi connectivity index (χ3n) is 6.68. The van der Waals surface area contributed by atoms with Crippen molar-refractivity contribution in [2.45, 2.75) is 22.8 Å². The number of para-hydroxylation sites is 1. The van der Waals surface area contributed by atoms with Gasteiger partial charge < -0.3 is 4.74 Å². The molecule has 7 nitrogen and oxygen atoms in total. The molecule has 6 rings (SSSR count). The van der Waals surface area contributed by atoms with Gasteiger partial charge in [0, 0.05) is 11.6 Å². The summed E-state index contributed by atoms with van der Waals surface area (Å²) >= 11 is 1.57. The van der Waals surface area contributed by atoms with Gasteiger partial charge in [0.1, 0.15) is 22.3 Å². The van der Waals surface area contributed by atoms with Crippen molar-refractivity contribution < 1.29 is 13.2 Å². The van der Waals surface area contributed by atoms with E-state index in [1.54, 1.807) is 30.1 Å². The van der Waals surface area contributed by atoms with E-state index in [2.05, 4.69) is 32.0 Å². The van der Waals surface area contributed by atoms with Crippen molar-refractivity contribution in [3.8, 4) is 22.8 Å². The molecule has 6 aromatic rings. The molecule has 0 radical (unpaired) electrons. The number of thioether (sulfide) groups is 1. The van der Waals surface area contributed by atoms with Crippen molar-refractivity contribution in [3.05, 3.63) is 127 Å². The van der Waals surface area contributed by atoms with Gasteiger partial charge >= 0.3 is 0 Å². The van der Waals surface area contributed by atoms with Crippen molar-refractivity contribution in [2.75, 3.05) is 10.5 Å². The summed E-state index contributed by atoms with van der Waals surface area (Å²) in [7, 11) is -3.91. The minimum Gasteiger partial charge on any atom is -0.457 e. The van der Waals surface area contributed by atoms with Crippen LogP contribution in [0.25, 0.3) is 22.0 Å². The largest absolute Gasteiger partial charge is 0.457 e. The van der Waals surface area contributed by atoms with Gasteiger partial charge in [0.15, 0.2) is 0 Å². The van der Waals surface area contributed by atoms with Crippen LogP contribution in [0.5, 0.6) is 11.5 Å². The zero-order valence-corrected chi connectivity index (χ0v) is 24.2. The van der Waals surface area contributed by atoms with E-state index in [0.29, 0.717) is 21.7 Å². The second-order valence-corrected chi connectivity index (χ2v) is 12.3. The van der Waals surface area contributed by atoms with Gasteiger partial charge in [0.05, 0.1) is 16.2 Å². The summed E-state index contributed by atoms with van der Waals surface area (Å²) in [6, 6.07) is 36.1. The Balaban J connectivity index is 1.15. The number of hydrogen-bond donors (Lipinski definition) is 2. The van der Waals surface area contributed by atoms with Crippen LogP contribution in [0.2, 0.25) is 0 Å². The van der Waals surface area contributed by atoms with E-state index in [4.69, 9.17) is 4.74 Å². The number of aromatic amines is 1. The lowest BCUT2D eigenvalue weighted by molar-refractivity contribution is 0.482. The highest BCUT2D eigenvalue weighted by molar-refractivity contribution is 7.99. The Morgan fingerprint density at radius 2 is 1.52 bits per heavy atom. The first kappa shape index (κ1) is 27.6. The SMILES string of the molecule is O=S(=O)(Nc1[nH]nc(SCCCc2ccc(Oc3ccccc3)cc2)c1-c1ccccn1)c1cccc2ccccc12. The molecule has 0 saturated heterocycles. The van der Waals surface area contributed by atoms with E-state index in [9.17, 15) is 8.42 Å². The quantitative estimate of drug-likeness (QED) is 0.117. The molecule has 0 fully saturated rings. The highest BCUT2D eigenvalue weighted by atomic mass is 32.2. The maximum atomic E-state index is 13.6. The summed E-state index contributed by atoms with van der Waals surface area (Å²) in [6.07, 6.45) is 3.49. The predicted molar refractivity (Wildman–Crippen MR) is 169 cm³/mol. The number of aryl methyl sites for hydroxylation is 1. The summed E-state index contributed by atoms with van der Waals surface area (Å²) in [5.74, 6) is 2.69. The Kier molecular flexibility index (Phi) is 8.21. The molecule has 9 heteroatoms. The van der Waals surface area contributed by atoms with Crippen molar-refractivity contribution >= 4 is 38.4 Å². The van der Waals surface area contributed by atoms with Gasteiger partial charge in [-0.25, -0.2) is 8.42 Å². The van der Waals surface area contributed by atoms with Crippen LogP contribution in [-0.2, 0) is 16.4 Å². The zero-order chi connectivity index (χ0) is 28.8. The number of ether oxygens (including phenoxy) is 1. The Morgan fingerprint density at radius 1 is 0.786 bits per heavy atom. The average Bonchev–Trinajstić information content (AvgIpc) is 3.42. The molecule has 0 aliphatic rings. The topological polar surface area (TPSA) is 97.0 Å². The number of anilines is 1. The standard InChI is InChI=1S/C33H28N4O3S2/c38-42(39,30-17-8-12-25-11-4-5-15-28(25)30)37-32-31(29-16-6-7-22-34-29)33(36-35-32)41-23-9-10-24-18-20-27(21-19-24)40-26-13-2-1-3-14-26/h1-8,11-22H,9-10,23H2,(H2,35,36,37). The van der Waals surface area contributed by atoms with Crippen LogP contribution in [0.15, 0.2) is 131 Å². The van der Waals surface area contributed by atoms with Crippen molar-refractivity contribution in [1.29, 1.82) is 0 Å². The van der Waals surface area contributed by atoms with E-state index in [1.807, 2.05) is 91.0 Å². The molecule has 0 saturated carbocycles. The Labute approximate surface area is 249 Å². The number of fused-ring (bicyclic) bond motifs is 1. The van der Waals surface area contributed by atoms with Crippen LogP contribution in [0.1, 0.15) is 12.0 Å². The maximum Gasteiger partial charge on any atom is 0.263 e. The van der Waals surface area contributed by atoms with Crippen LogP contribution in [0.4, 0.5) is 5.82 Å². The molecule has 4 aromatic carbocycles. The van der Waals surface area contributed by atoms with E-state index in [-0.39, 0.29) is 10.7 Å². The fourth-order valence-corrected chi connectivity index (χ4v) is 6.87. The lowest BCUT2D eigenvalue weighted by atomic mass is 10.1. The number of sulfonamides is 1. The van der Waals surface area contributed by atoms with Crippen LogP contribution in [0.3, 0.4) is 0 Å². The minimum atomic E-state index is -3.91. The number of pyridine rings is 1. The van der Waals surface area contributed by atoms with Gasteiger partial charge in [-0.2, -0.15) is 5.10 Å². The first-order chi connectivity index (χ1) is 20.6. The Bertz CT molecular complexity index is 1890. The maximum absolute atomic E-state index is 13.6. The first-order valence-electron chi connectivity index (χ1n) is 13.5. The molecule has 0 spiro atoms. The molecule has 42 heavy (non-hydrogen) atoms. The number of H-pyrrole nitrogens is 1. The van der Waals surface area contributed by atoms with Gasteiger partial charge in [-0.15, -0.1) is 11.8 Å². The Hall–Kier alpha value is -4.60. The van der Waals surface area contributed by atoms with E-state index in [1.165, 1.54) is 5.56 Å². The summed E-state index contributed by atoms with van der Waals surface area (Å²) < 4.78 is 35.7. The number of rotatable bonds is 11. The van der Waals surface area contributed by atoms with Gasteiger partial charge in [-0.05, 0) is 72.0 Å². The average molecular weight is 593 g/mol. The second kappa shape index (κ2) is 12.5. The van der Waals surface area contributed by atoms with Crippen LogP contribution in [0, 0.1) is 0 Å². The molecule has 0 aliphatic heterocycles. The number of benzene rings is 4. The molecule has 0 bridgehead atoms. The van der Waals surface area contributed by atoms with Gasteiger partial charge in [0.2, 0.25) is 0 Å². The van der Waals surface area contributed by atoms with Gasteiger partial charge in [-0.1, -0.05) is 72.8 Å². The number of aromatic nitrogens is 3. The smallest absolute Gasteiger partial charge is 0.263 e. The minimum absolute atomic E-state index is 0.205. The highest BCUT2D eigenvalue weighted by Gasteiger charge is 2.23. The Morgan fingerprint density at radius 3 is 2.33 bits per heavy atom. The van der Waals surface area contributed by atoms with E-state index >= 15 is 0 Å². The lowest BCUT2D eigenvalue weighted by Crippen LogP contribution is -2.14. The van der Waals surface area contributed by atoms with Gasteiger partial charge in [0.25, 0.3) is 10.0 Å². The summed E-state index contributed by atoms with van der Waals surface area (Å²) in [5.41, 5.74) is 2.48. The lowest BCUT2D eigenvalue weighted by Gasteiger charge is -2.11. The van der Waals surface area contributed by atoms with Crippen LogP contribution >= 0.6 is 11.8 Å². The fraction of sp³-hybridized carbons (Fsp3) is 0.0909. The molecular weight excluding hydrogens is 565 g/mol. The van der Waals surface area contributed by atoms with E-state index in [0.717, 1.165) is 35.5 Å². The number of nitrogens with one attached hydrogen (secondary N) is 2. The number of nitrogens with zero attached hydrogens (tertiary/aromatic N) is 2. The molecule has 0 unspecified atom stereocenters. The molecule has 0 aliphatic carbocycles. The summed E-state index contributed by atoms with van der Waals surface area (Å²) in [4.78, 5) is 4.69. The number of hydrogen-bond acceptors (Lipinski definition) is 6. The highest BCUT2D eigenvalue weighted by Crippen LogP contribution is 2.36. The molecule has 0 amide bonds. The van der Waals surface area contributed by atoms with Gasteiger partial charge in [-0.3, -0.25) is 14.8 Å². The third-order valence-corrected chi connectivity index (χ3v) is 9.15. The molecular formula is C33H28N4O3S2. The zero-order valence-electron chi connectivity index (χ0n) is 22.6. The summed E-state index contributed by atoms with van der Waals surface area (Å²) in [5, 5.41) is 9.60. The second-order valence-electron chi connectivity index (χ2n) is 9.59. The van der Waals surface area contributed by atoms with E-state index < -0.39 is 10.0 Å². The molecule has 0 atom stereocenters. The molecule has 2 heterocycles. The monoisotopic (exact) mass is 592 g/mol. The normalized spacial score (nSPS) is 11.4. The van der Waals surface area contributed by atoms with Crippen LogP contribution in [-0.4, -0.2) is 29.4 Å². The van der Waals surface area contributed by atoms with Crippen molar-refractivity contribution in [3.63, 3.8) is 0 Å². The summed E-state index contributed by atoms with van der Waals surface area (Å²) in [6.45, 7) is 0. The fourth-order valence-electron chi connectivity index (χ4n) is 4.67. The predicted octanol–water partition coefficient (Wildman–Crippen LogP) is 7.94. The van der Waals surface area contributed by atoms with Crippen molar-refractivity contribution in [2.24, 2.45) is 0 Å². The van der Waals surface area contributed by atoms with Crippen LogP contribution < -0.4 is 9.46 Å². The molecule has 2 aromatic heterocycles. The molecule has 210 valence electrons.